The number of halogens is 1. The minimum absolute atomic E-state index is 0.0890. The van der Waals surface area contributed by atoms with Crippen LogP contribution in [-0.4, -0.2) is 70.1 Å². The van der Waals surface area contributed by atoms with E-state index in [0.29, 0.717) is 50.0 Å². The molecule has 1 heterocycles. The van der Waals surface area contributed by atoms with Gasteiger partial charge in [-0.3, -0.25) is 4.79 Å². The van der Waals surface area contributed by atoms with Crippen molar-refractivity contribution in [2.75, 3.05) is 62.9 Å². The van der Waals surface area contributed by atoms with Crippen LogP contribution in [0.2, 0.25) is 5.02 Å². The topological polar surface area (TPSA) is 91.3 Å². The third-order valence-electron chi connectivity index (χ3n) is 5.59. The van der Waals surface area contributed by atoms with Crippen molar-refractivity contribution in [3.63, 3.8) is 0 Å². The summed E-state index contributed by atoms with van der Waals surface area (Å²) in [6, 6.07) is 13.3. The first kappa shape index (κ1) is 26.7. The minimum atomic E-state index is -0.950. The number of ether oxygens (including phenoxy) is 2. The fourth-order valence-corrected chi connectivity index (χ4v) is 4.11. The Kier molecular flexibility index (Phi) is 10.6. The Hall–Kier alpha value is -2.91. The fourth-order valence-electron chi connectivity index (χ4n) is 3.94. The number of para-hydroxylation sites is 2. The molecule has 0 atom stereocenters. The van der Waals surface area contributed by atoms with Crippen LogP contribution >= 0.6 is 11.6 Å². The quantitative estimate of drug-likeness (QED) is 0.297. The average molecular weight is 502 g/mol. The van der Waals surface area contributed by atoms with Crippen LogP contribution in [0.4, 0.5) is 17.1 Å². The third-order valence-corrected chi connectivity index (χ3v) is 5.82. The SMILES string of the molecule is COCCOCCN1C(=O)c2ccc(Cl)cc2N(CCCCNC/C=C/C(=O)O)c2ccccc21. The average Bonchev–Trinajstić information content (AvgIpc) is 2.93. The van der Waals surface area contributed by atoms with Gasteiger partial charge in [-0.05, 0) is 49.7 Å². The number of anilines is 3. The van der Waals surface area contributed by atoms with Gasteiger partial charge in [0.05, 0.1) is 42.4 Å². The molecule has 0 fully saturated rings. The first-order chi connectivity index (χ1) is 17.0. The molecule has 9 heteroatoms. The summed E-state index contributed by atoms with van der Waals surface area (Å²) in [7, 11) is 1.63. The van der Waals surface area contributed by atoms with E-state index in [2.05, 4.69) is 10.2 Å². The van der Waals surface area contributed by atoms with Gasteiger partial charge in [0, 0.05) is 37.8 Å². The molecule has 0 aliphatic carbocycles. The highest BCUT2D eigenvalue weighted by atomic mass is 35.5. The van der Waals surface area contributed by atoms with Crippen LogP contribution in [0.1, 0.15) is 23.2 Å². The van der Waals surface area contributed by atoms with Gasteiger partial charge in [0.25, 0.3) is 5.91 Å². The molecule has 3 rings (SSSR count). The molecule has 0 unspecified atom stereocenters. The molecule has 2 aromatic rings. The Morgan fingerprint density at radius 2 is 1.80 bits per heavy atom. The summed E-state index contributed by atoms with van der Waals surface area (Å²) >= 11 is 6.35. The summed E-state index contributed by atoms with van der Waals surface area (Å²) in [6.45, 7) is 3.75. The van der Waals surface area contributed by atoms with Crippen molar-refractivity contribution in [2.45, 2.75) is 12.8 Å². The monoisotopic (exact) mass is 501 g/mol. The van der Waals surface area contributed by atoms with Crippen LogP contribution in [-0.2, 0) is 14.3 Å². The lowest BCUT2D eigenvalue weighted by Crippen LogP contribution is -2.33. The number of carbonyl (C=O) groups is 2. The molecule has 0 saturated heterocycles. The summed E-state index contributed by atoms with van der Waals surface area (Å²) in [5, 5.41) is 12.4. The molecule has 2 N–H and O–H groups in total. The Balaban J connectivity index is 1.77. The number of aliphatic carboxylic acids is 1. The van der Waals surface area contributed by atoms with E-state index in [-0.39, 0.29) is 5.91 Å². The van der Waals surface area contributed by atoms with E-state index in [9.17, 15) is 9.59 Å². The van der Waals surface area contributed by atoms with E-state index >= 15 is 0 Å². The predicted molar refractivity (Wildman–Crippen MR) is 138 cm³/mol. The standard InChI is InChI=1S/C26H32ClN3O5/c1-34-17-18-35-16-15-30-23-8-3-2-7-22(23)29(14-5-4-12-28-13-6-9-25(31)32)24-19-20(27)10-11-21(24)26(30)33/h2-3,6-11,19,28H,4-5,12-18H2,1H3,(H,31,32)/b9-6+. The van der Waals surface area contributed by atoms with Crippen LogP contribution < -0.4 is 15.1 Å². The first-order valence-corrected chi connectivity index (χ1v) is 12.1. The third kappa shape index (κ3) is 7.53. The van der Waals surface area contributed by atoms with Crippen molar-refractivity contribution >= 4 is 40.5 Å². The van der Waals surface area contributed by atoms with Crippen molar-refractivity contribution in [2.24, 2.45) is 0 Å². The zero-order valence-electron chi connectivity index (χ0n) is 19.9. The molecule has 0 spiro atoms. The lowest BCUT2D eigenvalue weighted by Gasteiger charge is -2.27. The van der Waals surface area contributed by atoms with Crippen LogP contribution in [0.15, 0.2) is 54.6 Å². The number of hydrogen-bond donors (Lipinski definition) is 2. The Morgan fingerprint density at radius 1 is 1.03 bits per heavy atom. The van der Waals surface area contributed by atoms with Crippen molar-refractivity contribution in [3.05, 3.63) is 65.2 Å². The molecule has 0 bridgehead atoms. The molecule has 0 radical (unpaired) electrons. The Labute approximate surface area is 211 Å². The largest absolute Gasteiger partial charge is 0.478 e. The van der Waals surface area contributed by atoms with Gasteiger partial charge in [-0.15, -0.1) is 0 Å². The van der Waals surface area contributed by atoms with Crippen LogP contribution in [0, 0.1) is 0 Å². The Morgan fingerprint density at radius 3 is 2.54 bits per heavy atom. The number of benzene rings is 2. The van der Waals surface area contributed by atoms with Gasteiger partial charge < -0.3 is 29.7 Å². The second-order valence-electron chi connectivity index (χ2n) is 8.02. The number of carboxylic acids is 1. The van der Waals surface area contributed by atoms with Gasteiger partial charge in [0.1, 0.15) is 0 Å². The second kappa shape index (κ2) is 13.8. The number of nitrogens with one attached hydrogen (secondary N) is 1. The highest BCUT2D eigenvalue weighted by Gasteiger charge is 2.30. The Bertz CT molecular complexity index is 1030. The molecule has 1 aliphatic rings. The molecule has 8 nitrogen and oxygen atoms in total. The fraction of sp³-hybridized carbons (Fsp3) is 0.385. The molecular formula is C26H32ClN3O5. The minimum Gasteiger partial charge on any atom is -0.478 e. The van der Waals surface area contributed by atoms with Crippen molar-refractivity contribution in [3.8, 4) is 0 Å². The maximum atomic E-state index is 13.6. The normalized spacial score (nSPS) is 13.1. The molecule has 188 valence electrons. The van der Waals surface area contributed by atoms with Gasteiger partial charge in [-0.25, -0.2) is 4.79 Å². The lowest BCUT2D eigenvalue weighted by molar-refractivity contribution is -0.131. The predicted octanol–water partition coefficient (Wildman–Crippen LogP) is 4.11. The summed E-state index contributed by atoms with van der Waals surface area (Å²) in [4.78, 5) is 28.1. The van der Waals surface area contributed by atoms with E-state index in [1.165, 1.54) is 0 Å². The van der Waals surface area contributed by atoms with Crippen LogP contribution in [0.3, 0.4) is 0 Å². The second-order valence-corrected chi connectivity index (χ2v) is 8.45. The number of fused-ring (bicyclic) bond motifs is 2. The van der Waals surface area contributed by atoms with Gasteiger partial charge in [-0.1, -0.05) is 29.8 Å². The van der Waals surface area contributed by atoms with Crippen LogP contribution in [0.25, 0.3) is 0 Å². The number of unbranched alkanes of at least 4 members (excludes halogenated alkanes) is 1. The molecule has 0 saturated carbocycles. The molecular weight excluding hydrogens is 470 g/mol. The zero-order chi connectivity index (χ0) is 25.0. The van der Waals surface area contributed by atoms with E-state index in [0.717, 1.165) is 42.5 Å². The number of rotatable bonds is 14. The molecule has 35 heavy (non-hydrogen) atoms. The van der Waals surface area contributed by atoms with Gasteiger partial charge in [0.2, 0.25) is 0 Å². The van der Waals surface area contributed by atoms with E-state index in [4.69, 9.17) is 26.2 Å². The van der Waals surface area contributed by atoms with Crippen LogP contribution in [0.5, 0.6) is 0 Å². The van der Waals surface area contributed by atoms with Gasteiger partial charge in [-0.2, -0.15) is 0 Å². The lowest BCUT2D eigenvalue weighted by atomic mass is 10.1. The van der Waals surface area contributed by atoms with E-state index < -0.39 is 5.97 Å². The molecule has 1 aliphatic heterocycles. The summed E-state index contributed by atoms with van der Waals surface area (Å²) in [6.07, 6.45) is 4.47. The first-order valence-electron chi connectivity index (χ1n) is 11.7. The van der Waals surface area contributed by atoms with Gasteiger partial charge in [0.15, 0.2) is 0 Å². The number of amides is 1. The smallest absolute Gasteiger partial charge is 0.328 e. The number of hydrogen-bond acceptors (Lipinski definition) is 6. The molecule has 0 aromatic heterocycles. The maximum absolute atomic E-state index is 13.6. The molecule has 2 aromatic carbocycles. The summed E-state index contributed by atoms with van der Waals surface area (Å²) < 4.78 is 10.7. The van der Waals surface area contributed by atoms with E-state index in [1.807, 2.05) is 30.3 Å². The number of nitrogens with zero attached hydrogens (tertiary/aromatic N) is 2. The number of carbonyl (C=O) groups excluding carboxylic acids is 1. The molecule has 1 amide bonds. The van der Waals surface area contributed by atoms with Crippen molar-refractivity contribution in [1.29, 1.82) is 0 Å². The zero-order valence-corrected chi connectivity index (χ0v) is 20.7. The highest BCUT2D eigenvalue weighted by molar-refractivity contribution is 6.31. The summed E-state index contributed by atoms with van der Waals surface area (Å²) in [5.74, 6) is -1.04. The van der Waals surface area contributed by atoms with E-state index in [1.54, 1.807) is 30.2 Å². The van der Waals surface area contributed by atoms with Crippen molar-refractivity contribution in [1.82, 2.24) is 5.32 Å². The maximum Gasteiger partial charge on any atom is 0.328 e. The number of methoxy groups -OCH3 is 1. The highest BCUT2D eigenvalue weighted by Crippen LogP contribution is 2.41. The summed E-state index contributed by atoms with van der Waals surface area (Å²) in [5.41, 5.74) is 3.16. The number of carboxylic acid groups (broad SMARTS) is 1. The van der Waals surface area contributed by atoms with Crippen molar-refractivity contribution < 1.29 is 24.2 Å². The van der Waals surface area contributed by atoms with Gasteiger partial charge >= 0.3 is 5.97 Å².